The molecule has 3 aromatic heterocycles. The van der Waals surface area contributed by atoms with Gasteiger partial charge in [-0.15, -0.1) is 10.2 Å². The third-order valence-electron chi connectivity index (χ3n) is 4.98. The largest absolute Gasteiger partial charge is 0.281 e. The Kier molecular flexibility index (Phi) is 4.13. The molecular formula is C22H19N7. The molecule has 7 nitrogen and oxygen atoms in total. The Bertz CT molecular complexity index is 1290. The maximum Gasteiger partial charge on any atom is 0.205 e. The van der Waals surface area contributed by atoms with Crippen molar-refractivity contribution in [1.29, 1.82) is 0 Å². The van der Waals surface area contributed by atoms with Crippen LogP contribution in [0.25, 0.3) is 39.4 Å². The van der Waals surface area contributed by atoms with Crippen LogP contribution in [0, 0.1) is 6.92 Å². The van der Waals surface area contributed by atoms with E-state index in [1.807, 2.05) is 37.3 Å². The molecule has 0 fully saturated rings. The van der Waals surface area contributed by atoms with Crippen molar-refractivity contribution in [2.24, 2.45) is 0 Å². The summed E-state index contributed by atoms with van der Waals surface area (Å²) in [7, 11) is 0. The number of nitrogens with one attached hydrogen (secondary N) is 1. The van der Waals surface area contributed by atoms with Gasteiger partial charge >= 0.3 is 0 Å². The molecule has 0 aliphatic carbocycles. The fourth-order valence-corrected chi connectivity index (χ4v) is 3.60. The normalized spacial score (nSPS) is 11.2. The Hall–Kier alpha value is -3.87. The molecule has 0 aliphatic rings. The molecule has 0 bridgehead atoms. The second-order valence-corrected chi connectivity index (χ2v) is 6.84. The summed E-state index contributed by atoms with van der Waals surface area (Å²) in [5, 5.41) is 14.5. The molecule has 0 spiro atoms. The summed E-state index contributed by atoms with van der Waals surface area (Å²) in [6.45, 7) is 4.11. The summed E-state index contributed by atoms with van der Waals surface area (Å²) < 4.78 is 2.14. The Labute approximate surface area is 167 Å². The molecule has 29 heavy (non-hydrogen) atoms. The second-order valence-electron chi connectivity index (χ2n) is 6.84. The highest BCUT2D eigenvalue weighted by Crippen LogP contribution is 2.31. The zero-order valence-electron chi connectivity index (χ0n) is 16.2. The molecular weight excluding hydrogens is 362 g/mol. The van der Waals surface area contributed by atoms with Gasteiger partial charge in [-0.05, 0) is 47.5 Å². The van der Waals surface area contributed by atoms with Crippen LogP contribution in [0.4, 0.5) is 0 Å². The first-order valence-corrected chi connectivity index (χ1v) is 9.53. The third kappa shape index (κ3) is 2.97. The number of imidazole rings is 1. The third-order valence-corrected chi connectivity index (χ3v) is 4.98. The number of hydrogen-bond donors (Lipinski definition) is 1. The van der Waals surface area contributed by atoms with E-state index in [-0.39, 0.29) is 0 Å². The summed E-state index contributed by atoms with van der Waals surface area (Å²) >= 11 is 0. The van der Waals surface area contributed by atoms with Crippen LogP contribution < -0.4 is 0 Å². The maximum absolute atomic E-state index is 4.75. The number of rotatable bonds is 4. The smallest absolute Gasteiger partial charge is 0.205 e. The van der Waals surface area contributed by atoms with E-state index < -0.39 is 0 Å². The van der Waals surface area contributed by atoms with Crippen LogP contribution in [0.1, 0.15) is 18.4 Å². The van der Waals surface area contributed by atoms with Gasteiger partial charge < -0.3 is 0 Å². The fraction of sp³-hybridized carbons (Fsp3) is 0.136. The Balaban J connectivity index is 1.61. The van der Waals surface area contributed by atoms with Gasteiger partial charge in [0.2, 0.25) is 5.82 Å². The van der Waals surface area contributed by atoms with Gasteiger partial charge in [0.1, 0.15) is 11.3 Å². The van der Waals surface area contributed by atoms with E-state index >= 15 is 0 Å². The molecule has 142 valence electrons. The van der Waals surface area contributed by atoms with Crippen LogP contribution in [0.3, 0.4) is 0 Å². The molecule has 0 aliphatic heterocycles. The van der Waals surface area contributed by atoms with Gasteiger partial charge in [-0.2, -0.15) is 5.21 Å². The van der Waals surface area contributed by atoms with Crippen molar-refractivity contribution in [3.05, 3.63) is 72.2 Å². The molecule has 0 radical (unpaired) electrons. The molecule has 0 atom stereocenters. The van der Waals surface area contributed by atoms with E-state index in [9.17, 15) is 0 Å². The molecule has 5 aromatic rings. The van der Waals surface area contributed by atoms with Crippen LogP contribution in [0.15, 0.2) is 60.7 Å². The summed E-state index contributed by atoms with van der Waals surface area (Å²) in [4.78, 5) is 9.47. The van der Waals surface area contributed by atoms with Crippen LogP contribution >= 0.6 is 0 Å². The summed E-state index contributed by atoms with van der Waals surface area (Å²) in [5.74, 6) is 1.58. The lowest BCUT2D eigenvalue weighted by Gasteiger charge is -2.11. The fourth-order valence-electron chi connectivity index (χ4n) is 3.60. The van der Waals surface area contributed by atoms with Gasteiger partial charge in [-0.3, -0.25) is 4.57 Å². The van der Waals surface area contributed by atoms with Crippen molar-refractivity contribution in [1.82, 2.24) is 35.2 Å². The first-order valence-electron chi connectivity index (χ1n) is 9.53. The quantitative estimate of drug-likeness (QED) is 0.506. The highest BCUT2D eigenvalue weighted by atomic mass is 15.5. The van der Waals surface area contributed by atoms with Crippen LogP contribution in [0.2, 0.25) is 0 Å². The molecule has 0 amide bonds. The average Bonchev–Trinajstić information content (AvgIpc) is 3.41. The number of aryl methyl sites for hydroxylation is 2. The van der Waals surface area contributed by atoms with E-state index in [2.05, 4.69) is 62.4 Å². The lowest BCUT2D eigenvalue weighted by Crippen LogP contribution is -2.01. The van der Waals surface area contributed by atoms with Gasteiger partial charge in [-0.25, -0.2) is 9.97 Å². The Morgan fingerprint density at radius 3 is 2.41 bits per heavy atom. The van der Waals surface area contributed by atoms with Gasteiger partial charge in [0.05, 0.1) is 0 Å². The number of benzene rings is 2. The summed E-state index contributed by atoms with van der Waals surface area (Å²) in [6.07, 6.45) is 0.831. The topological polar surface area (TPSA) is 85.2 Å². The van der Waals surface area contributed by atoms with Crippen molar-refractivity contribution in [2.75, 3.05) is 0 Å². The van der Waals surface area contributed by atoms with E-state index in [0.717, 1.165) is 51.5 Å². The number of pyridine rings is 1. The monoisotopic (exact) mass is 381 g/mol. The molecule has 0 saturated carbocycles. The van der Waals surface area contributed by atoms with Crippen molar-refractivity contribution in [3.63, 3.8) is 0 Å². The van der Waals surface area contributed by atoms with Crippen LogP contribution in [-0.4, -0.2) is 35.2 Å². The minimum Gasteiger partial charge on any atom is -0.281 e. The number of nitrogens with zero attached hydrogens (tertiary/aromatic N) is 6. The average molecular weight is 381 g/mol. The van der Waals surface area contributed by atoms with E-state index in [1.54, 1.807) is 0 Å². The number of hydrogen-bond acceptors (Lipinski definition) is 5. The predicted octanol–water partition coefficient (Wildman–Crippen LogP) is 4.14. The minimum absolute atomic E-state index is 0.582. The zero-order chi connectivity index (χ0) is 19.8. The summed E-state index contributed by atoms with van der Waals surface area (Å²) in [6, 6.07) is 20.5. The van der Waals surface area contributed by atoms with Crippen molar-refractivity contribution in [3.8, 4) is 28.2 Å². The van der Waals surface area contributed by atoms with E-state index in [4.69, 9.17) is 9.97 Å². The number of fused-ring (bicyclic) bond motifs is 1. The van der Waals surface area contributed by atoms with E-state index in [0.29, 0.717) is 5.82 Å². The van der Waals surface area contributed by atoms with E-state index in [1.165, 1.54) is 0 Å². The highest BCUT2D eigenvalue weighted by molar-refractivity contribution is 5.81. The SMILES string of the molecule is CCc1nc2ccc(C)nc2n1-c1ccc(-c2ccccc2-c2nn[nH]n2)cc1. The van der Waals surface area contributed by atoms with Gasteiger partial charge in [-0.1, -0.05) is 43.3 Å². The van der Waals surface area contributed by atoms with Crippen molar-refractivity contribution < 1.29 is 0 Å². The molecule has 3 heterocycles. The molecule has 1 N–H and O–H groups in total. The lowest BCUT2D eigenvalue weighted by molar-refractivity contribution is 0.881. The maximum atomic E-state index is 4.75. The number of aromatic nitrogens is 7. The summed E-state index contributed by atoms with van der Waals surface area (Å²) in [5.41, 5.74) is 6.91. The van der Waals surface area contributed by atoms with Crippen LogP contribution in [0.5, 0.6) is 0 Å². The lowest BCUT2D eigenvalue weighted by atomic mass is 9.99. The number of tetrazole rings is 1. The number of H-pyrrole nitrogens is 1. The van der Waals surface area contributed by atoms with Gasteiger partial charge in [0.25, 0.3) is 0 Å². The molecule has 7 heteroatoms. The zero-order valence-corrected chi connectivity index (χ0v) is 16.2. The Morgan fingerprint density at radius 1 is 0.897 bits per heavy atom. The van der Waals surface area contributed by atoms with Gasteiger partial charge in [0.15, 0.2) is 5.65 Å². The highest BCUT2D eigenvalue weighted by Gasteiger charge is 2.14. The minimum atomic E-state index is 0.582. The standard InChI is InChI=1S/C22H19N7/c1-3-20-24-19-13-8-14(2)23-22(19)29(20)16-11-9-15(10-12-16)17-6-4-5-7-18(17)21-25-27-28-26-21/h4-13H,3H2,1-2H3,(H,25,26,27,28). The first-order chi connectivity index (χ1) is 14.2. The van der Waals surface area contributed by atoms with Crippen molar-refractivity contribution >= 4 is 11.2 Å². The Morgan fingerprint density at radius 2 is 1.69 bits per heavy atom. The second kappa shape index (κ2) is 6.94. The first kappa shape index (κ1) is 17.2. The molecule has 0 saturated heterocycles. The molecule has 5 rings (SSSR count). The predicted molar refractivity (Wildman–Crippen MR) is 112 cm³/mol. The van der Waals surface area contributed by atoms with Crippen LogP contribution in [-0.2, 0) is 6.42 Å². The molecule has 2 aromatic carbocycles. The molecule has 0 unspecified atom stereocenters. The number of aromatic amines is 1. The van der Waals surface area contributed by atoms with Gasteiger partial charge in [0, 0.05) is 23.4 Å². The van der Waals surface area contributed by atoms with Crippen molar-refractivity contribution in [2.45, 2.75) is 20.3 Å².